The Hall–Kier alpha value is -8.96. The van der Waals surface area contributed by atoms with Crippen LogP contribution in [0.1, 0.15) is 74.5 Å². The van der Waals surface area contributed by atoms with Gasteiger partial charge in [-0.25, -0.2) is 38.7 Å². The van der Waals surface area contributed by atoms with Crippen LogP contribution in [0.15, 0.2) is 118 Å². The summed E-state index contributed by atoms with van der Waals surface area (Å²) in [5.74, 6) is -3.80. The third kappa shape index (κ3) is 20.0. The Kier molecular flexibility index (Phi) is 22.7. The van der Waals surface area contributed by atoms with Crippen LogP contribution < -0.4 is 33.0 Å². The summed E-state index contributed by atoms with van der Waals surface area (Å²) >= 11 is 0. The fraction of sp³-hybridized carbons (Fsp3) is 0.319. The number of hydrogen-bond acceptors (Lipinski definition) is 18. The van der Waals surface area contributed by atoms with Gasteiger partial charge >= 0.3 is 36.2 Å². The first kappa shape index (κ1) is 58.2. The van der Waals surface area contributed by atoms with Crippen LogP contribution in [0.3, 0.4) is 0 Å². The monoisotopic (exact) mass is 989 g/mol. The predicted molar refractivity (Wildman–Crippen MR) is 255 cm³/mol. The Morgan fingerprint density at radius 3 is 1.44 bits per heavy atom. The molecule has 10 N–H and O–H groups in total. The number of carbonyl (C=O) groups is 6. The minimum atomic E-state index is -1.19. The van der Waals surface area contributed by atoms with E-state index in [9.17, 15) is 38.7 Å². The number of alkyl carbamates (subject to hydrolysis) is 3. The lowest BCUT2D eigenvalue weighted by Crippen LogP contribution is -2.53. The number of benzene rings is 3. The molecule has 0 fully saturated rings. The summed E-state index contributed by atoms with van der Waals surface area (Å²) in [4.78, 5) is 92.2. The number of oxime groups is 1. The molecule has 0 spiro atoms. The van der Waals surface area contributed by atoms with Gasteiger partial charge in [-0.05, 0) is 58.2 Å². The molecule has 0 aliphatic rings. The van der Waals surface area contributed by atoms with Crippen LogP contribution in [0.25, 0.3) is 0 Å². The van der Waals surface area contributed by atoms with Gasteiger partial charge in [0.1, 0.15) is 31.5 Å². The molecular weight excluding hydrogens is 931 g/mol. The first-order chi connectivity index (χ1) is 33.4. The van der Waals surface area contributed by atoms with E-state index in [4.69, 9.17) is 30.9 Å². The Balaban J connectivity index is 0.000000373. The number of nitrogens with zero attached hydrogens (tertiary/aromatic N) is 3. The molecule has 0 bridgehead atoms. The highest BCUT2D eigenvalue weighted by atomic mass is 16.6. The normalized spacial score (nSPS) is 11.6. The molecule has 0 atom stereocenters. The van der Waals surface area contributed by atoms with Crippen molar-refractivity contribution in [3.05, 3.63) is 141 Å². The molecule has 71 heavy (non-hydrogen) atoms. The molecule has 3 aromatic carbocycles. The Labute approximate surface area is 408 Å². The SMILES string of the molecule is CC(C)(NC(=O)OCc1ccccc1)/C(N)=N/O.COC(=O)C=C(N=C(N)C(C)(C)NC(=O)OCc1ccccc1)C(=O)OC.COC(=O)c1nc(C(C)(C)NC(=O)OCc2ccccc2)[nH]c(=O)c1O. The van der Waals surface area contributed by atoms with E-state index in [-0.39, 0.29) is 43.0 Å². The summed E-state index contributed by atoms with van der Waals surface area (Å²) in [6.07, 6.45) is -1.26. The van der Waals surface area contributed by atoms with Crippen LogP contribution in [0, 0.1) is 0 Å². The van der Waals surface area contributed by atoms with E-state index >= 15 is 0 Å². The molecule has 0 aliphatic carbocycles. The van der Waals surface area contributed by atoms with Crippen molar-refractivity contribution in [2.45, 2.75) is 78.0 Å². The van der Waals surface area contributed by atoms with Gasteiger partial charge in [-0.2, -0.15) is 0 Å². The number of amidine groups is 2. The van der Waals surface area contributed by atoms with Gasteiger partial charge in [0.2, 0.25) is 5.75 Å². The highest BCUT2D eigenvalue weighted by Crippen LogP contribution is 2.19. The number of aromatic hydroxyl groups is 1. The maximum atomic E-state index is 12.0. The smallest absolute Gasteiger partial charge is 0.408 e. The molecule has 0 unspecified atom stereocenters. The van der Waals surface area contributed by atoms with Gasteiger partial charge in [-0.3, -0.25) is 4.79 Å². The molecule has 4 aromatic rings. The predicted octanol–water partition coefficient (Wildman–Crippen LogP) is 4.14. The summed E-state index contributed by atoms with van der Waals surface area (Å²) in [5.41, 5.74) is 8.68. The van der Waals surface area contributed by atoms with E-state index in [1.165, 1.54) is 0 Å². The van der Waals surface area contributed by atoms with Crippen molar-refractivity contribution in [1.29, 1.82) is 0 Å². The lowest BCUT2D eigenvalue weighted by atomic mass is 10.0. The average Bonchev–Trinajstić information content (AvgIpc) is 3.35. The van der Waals surface area contributed by atoms with Crippen molar-refractivity contribution in [1.82, 2.24) is 25.9 Å². The number of hydrogen-bond donors (Lipinski definition) is 8. The number of amides is 3. The number of nitrogens with two attached hydrogens (primary N) is 2. The molecule has 4 rings (SSSR count). The molecule has 0 saturated heterocycles. The summed E-state index contributed by atoms with van der Waals surface area (Å²) < 4.78 is 28.8. The van der Waals surface area contributed by atoms with Gasteiger partial charge in [0.15, 0.2) is 17.2 Å². The van der Waals surface area contributed by atoms with Crippen LogP contribution in [0.5, 0.6) is 5.75 Å². The zero-order chi connectivity index (χ0) is 53.4. The Bertz CT molecular complexity index is 2580. The van der Waals surface area contributed by atoms with E-state index in [1.807, 2.05) is 78.9 Å². The molecule has 24 heteroatoms. The molecule has 24 nitrogen and oxygen atoms in total. The number of aromatic nitrogens is 2. The molecule has 0 aliphatic heterocycles. The standard InChI is InChI=1S/C18H23N3O6.C17H19N3O6.C12H17N3O3/c1-18(2,21-17(24)27-11-12-8-6-5-7-9-12)16(19)20-13(15(23)26-4)10-14(22)25-3;1-17(2,20-16(24)26-9-10-7-5-4-6-8-10)15-18-11(14(23)25-3)12(21)13(22)19-15;1-12(2,10(13)15-17)14-11(16)18-8-9-6-4-3-5-7-9/h5-10H,11H2,1-4H3,(H2,19,20)(H,21,24);4-8,21H,9H2,1-3H3,(H,20,24)(H,18,19,22);3-7,17H,8H2,1-2H3,(H2,13,15)(H,14,16). The fourth-order valence-electron chi connectivity index (χ4n) is 5.04. The highest BCUT2D eigenvalue weighted by Gasteiger charge is 2.31. The first-order valence-corrected chi connectivity index (χ1v) is 21.0. The second-order valence-corrected chi connectivity index (χ2v) is 16.1. The van der Waals surface area contributed by atoms with Crippen molar-refractivity contribution in [2.75, 3.05) is 21.3 Å². The maximum absolute atomic E-state index is 12.0. The van der Waals surface area contributed by atoms with Crippen molar-refractivity contribution in [2.24, 2.45) is 21.6 Å². The first-order valence-electron chi connectivity index (χ1n) is 21.0. The van der Waals surface area contributed by atoms with Crippen molar-refractivity contribution in [3.63, 3.8) is 0 Å². The second-order valence-electron chi connectivity index (χ2n) is 16.1. The molecule has 3 amide bonds. The molecule has 1 aromatic heterocycles. The summed E-state index contributed by atoms with van der Waals surface area (Å²) in [6.45, 7) is 9.73. The number of carbonyl (C=O) groups excluding carboxylic acids is 6. The van der Waals surface area contributed by atoms with Crippen LogP contribution in [0.2, 0.25) is 0 Å². The lowest BCUT2D eigenvalue weighted by Gasteiger charge is -2.25. The van der Waals surface area contributed by atoms with Crippen LogP contribution >= 0.6 is 0 Å². The summed E-state index contributed by atoms with van der Waals surface area (Å²) in [5, 5.41) is 28.7. The number of esters is 3. The minimum Gasteiger partial charge on any atom is -0.501 e. The van der Waals surface area contributed by atoms with E-state index in [1.54, 1.807) is 53.7 Å². The van der Waals surface area contributed by atoms with Gasteiger partial charge in [-0.1, -0.05) is 96.2 Å². The third-order valence-electron chi connectivity index (χ3n) is 9.23. The number of H-pyrrole nitrogens is 1. The number of nitrogens with one attached hydrogen (secondary N) is 4. The van der Waals surface area contributed by atoms with E-state index in [0.29, 0.717) is 0 Å². The van der Waals surface area contributed by atoms with Crippen LogP contribution in [-0.4, -0.2) is 101 Å². The maximum Gasteiger partial charge on any atom is 0.408 e. The minimum absolute atomic E-state index is 0.0441. The topological polar surface area (TPSA) is 357 Å². The van der Waals surface area contributed by atoms with Gasteiger partial charge in [0.05, 0.1) is 44.0 Å². The van der Waals surface area contributed by atoms with Crippen molar-refractivity contribution < 1.29 is 67.5 Å². The average molecular weight is 990 g/mol. The van der Waals surface area contributed by atoms with Crippen molar-refractivity contribution in [3.8, 4) is 5.75 Å². The van der Waals surface area contributed by atoms with E-state index < -0.39 is 69.8 Å². The van der Waals surface area contributed by atoms with Crippen LogP contribution in [-0.2, 0) is 63.4 Å². The molecular formula is C47H59N9O15. The molecule has 0 saturated carbocycles. The van der Waals surface area contributed by atoms with Gasteiger partial charge in [-0.15, -0.1) is 0 Å². The van der Waals surface area contributed by atoms with Gasteiger partial charge in [0, 0.05) is 0 Å². The van der Waals surface area contributed by atoms with Crippen molar-refractivity contribution >= 4 is 47.9 Å². The Morgan fingerprint density at radius 2 is 1.06 bits per heavy atom. The number of aliphatic imine (C=N–C) groups is 1. The van der Waals surface area contributed by atoms with Gasteiger partial charge in [0.25, 0.3) is 5.56 Å². The molecule has 382 valence electrons. The van der Waals surface area contributed by atoms with E-state index in [0.717, 1.165) is 44.1 Å². The largest absolute Gasteiger partial charge is 0.501 e. The Morgan fingerprint density at radius 1 is 0.648 bits per heavy atom. The van der Waals surface area contributed by atoms with Gasteiger partial charge < -0.3 is 71.1 Å². The van der Waals surface area contributed by atoms with E-state index in [2.05, 4.69) is 50.3 Å². The number of methoxy groups -OCH3 is 3. The second kappa shape index (κ2) is 27.8. The number of ether oxygens (including phenoxy) is 6. The summed E-state index contributed by atoms with van der Waals surface area (Å²) in [7, 11) is 3.37. The number of rotatable bonds is 16. The number of aromatic amines is 1. The van der Waals surface area contributed by atoms with Crippen LogP contribution in [0.4, 0.5) is 14.4 Å². The fourth-order valence-corrected chi connectivity index (χ4v) is 5.04. The summed E-state index contributed by atoms with van der Waals surface area (Å²) in [6, 6.07) is 27.5. The quantitative estimate of drug-likeness (QED) is 0.0149. The zero-order valence-electron chi connectivity index (χ0n) is 40.6. The lowest BCUT2D eigenvalue weighted by molar-refractivity contribution is -0.138. The highest BCUT2D eigenvalue weighted by molar-refractivity contribution is 6.01. The zero-order valence-corrected chi connectivity index (χ0v) is 40.6. The third-order valence-corrected chi connectivity index (χ3v) is 9.23. The molecule has 0 radical (unpaired) electrons. The molecule has 1 heterocycles.